The lowest BCUT2D eigenvalue weighted by Crippen LogP contribution is -2.31. The number of imidazole rings is 1. The minimum absolute atomic E-state index is 0.317. The maximum absolute atomic E-state index is 6.12. The third kappa shape index (κ3) is 2.31. The van der Waals surface area contributed by atoms with Crippen LogP contribution in [-0.2, 0) is 7.05 Å². The molecule has 114 valence electrons. The zero-order valence-corrected chi connectivity index (χ0v) is 13.6. The topological polar surface area (TPSA) is 33.4 Å². The fourth-order valence-electron chi connectivity index (χ4n) is 3.30. The largest absolute Gasteiger partial charge is 0.360 e. The van der Waals surface area contributed by atoms with Gasteiger partial charge in [-0.05, 0) is 43.9 Å². The predicted octanol–water partition coefficient (Wildman–Crippen LogP) is 3.93. The van der Waals surface area contributed by atoms with Gasteiger partial charge >= 0.3 is 0 Å². The minimum Gasteiger partial charge on any atom is -0.360 e. The Hall–Kier alpha value is -1.81. The lowest BCUT2D eigenvalue weighted by atomic mass is 10.1. The first-order chi connectivity index (χ1) is 10.6. The van der Waals surface area contributed by atoms with E-state index in [4.69, 9.17) is 16.6 Å². The molecule has 0 spiro atoms. The summed E-state index contributed by atoms with van der Waals surface area (Å²) in [5.74, 6) is 1.81. The maximum atomic E-state index is 6.12. The number of halogens is 1. The van der Waals surface area contributed by atoms with Gasteiger partial charge in [-0.1, -0.05) is 11.6 Å². The summed E-state index contributed by atoms with van der Waals surface area (Å²) in [5.41, 5.74) is 3.16. The second kappa shape index (κ2) is 5.13. The van der Waals surface area contributed by atoms with Gasteiger partial charge in [0.2, 0.25) is 0 Å². The van der Waals surface area contributed by atoms with Gasteiger partial charge in [0.15, 0.2) is 0 Å². The molecule has 2 heterocycles. The summed E-state index contributed by atoms with van der Waals surface area (Å²) in [5, 5.41) is 0.737. The van der Waals surface area contributed by atoms with E-state index in [1.165, 1.54) is 12.8 Å². The highest BCUT2D eigenvalue weighted by Crippen LogP contribution is 2.45. The van der Waals surface area contributed by atoms with Gasteiger partial charge in [-0.3, -0.25) is 4.99 Å². The summed E-state index contributed by atoms with van der Waals surface area (Å²) in [6.45, 7) is 2.89. The fraction of sp³-hybridized carbons (Fsp3) is 0.412. The van der Waals surface area contributed by atoms with Crippen LogP contribution in [-0.4, -0.2) is 27.2 Å². The van der Waals surface area contributed by atoms with Crippen molar-refractivity contribution in [1.29, 1.82) is 0 Å². The summed E-state index contributed by atoms with van der Waals surface area (Å²) < 4.78 is 2.21. The SMILES string of the molecule is CC1=CN([C@H](c2nc3cc(Cl)ccc3n2C)C2CC2)CC=N1. The van der Waals surface area contributed by atoms with Crippen LogP contribution < -0.4 is 0 Å². The highest BCUT2D eigenvalue weighted by Gasteiger charge is 2.38. The van der Waals surface area contributed by atoms with Crippen LogP contribution in [0.2, 0.25) is 5.02 Å². The number of fused-ring (bicyclic) bond motifs is 1. The summed E-state index contributed by atoms with van der Waals surface area (Å²) in [6, 6.07) is 6.25. The average molecular weight is 315 g/mol. The lowest BCUT2D eigenvalue weighted by molar-refractivity contribution is 0.265. The summed E-state index contributed by atoms with van der Waals surface area (Å²) in [7, 11) is 2.10. The third-order valence-corrected chi connectivity index (χ3v) is 4.74. The van der Waals surface area contributed by atoms with Crippen molar-refractivity contribution < 1.29 is 0 Å². The van der Waals surface area contributed by atoms with Crippen LogP contribution >= 0.6 is 11.6 Å². The van der Waals surface area contributed by atoms with Crippen molar-refractivity contribution in [1.82, 2.24) is 14.5 Å². The number of aromatic nitrogens is 2. The van der Waals surface area contributed by atoms with E-state index in [2.05, 4.69) is 33.8 Å². The van der Waals surface area contributed by atoms with E-state index in [0.29, 0.717) is 12.0 Å². The van der Waals surface area contributed by atoms with E-state index in [9.17, 15) is 0 Å². The predicted molar refractivity (Wildman–Crippen MR) is 90.1 cm³/mol. The van der Waals surface area contributed by atoms with Crippen molar-refractivity contribution in [3.8, 4) is 0 Å². The van der Waals surface area contributed by atoms with Crippen LogP contribution in [0.25, 0.3) is 11.0 Å². The van der Waals surface area contributed by atoms with Crippen molar-refractivity contribution in [2.24, 2.45) is 18.0 Å². The number of hydrogen-bond donors (Lipinski definition) is 0. The molecular weight excluding hydrogens is 296 g/mol. The molecule has 1 fully saturated rings. The number of allylic oxidation sites excluding steroid dienone is 1. The molecule has 0 radical (unpaired) electrons. The van der Waals surface area contributed by atoms with E-state index in [-0.39, 0.29) is 0 Å². The molecule has 0 unspecified atom stereocenters. The Morgan fingerprint density at radius 2 is 2.14 bits per heavy atom. The highest BCUT2D eigenvalue weighted by atomic mass is 35.5. The van der Waals surface area contributed by atoms with E-state index in [1.807, 2.05) is 25.3 Å². The Morgan fingerprint density at radius 1 is 1.32 bits per heavy atom. The van der Waals surface area contributed by atoms with Crippen LogP contribution in [0.5, 0.6) is 0 Å². The second-order valence-electron chi connectivity index (χ2n) is 6.22. The molecule has 1 aromatic carbocycles. The second-order valence-corrected chi connectivity index (χ2v) is 6.66. The van der Waals surface area contributed by atoms with Crippen LogP contribution in [0.15, 0.2) is 35.1 Å². The zero-order chi connectivity index (χ0) is 15.3. The first-order valence-electron chi connectivity index (χ1n) is 7.72. The molecule has 2 aliphatic rings. The Labute approximate surface area is 135 Å². The number of aliphatic imine (C=N–C) groups is 1. The first kappa shape index (κ1) is 13.8. The standard InChI is InChI=1S/C17H19ClN4/c1-11-10-22(8-7-19-11)16(12-3-4-12)17-20-14-9-13(18)5-6-15(14)21(17)2/h5-7,9-10,12,16H,3-4,8H2,1-2H3/t16-/m0/s1. The number of aryl methyl sites for hydroxylation is 1. The van der Waals surface area contributed by atoms with Gasteiger partial charge in [0.1, 0.15) is 5.82 Å². The number of rotatable bonds is 3. The molecule has 1 saturated carbocycles. The van der Waals surface area contributed by atoms with Crippen LogP contribution in [0.4, 0.5) is 0 Å². The van der Waals surface area contributed by atoms with Crippen molar-refractivity contribution in [2.45, 2.75) is 25.8 Å². The Morgan fingerprint density at radius 3 is 2.86 bits per heavy atom. The monoisotopic (exact) mass is 314 g/mol. The molecule has 1 aliphatic carbocycles. The van der Waals surface area contributed by atoms with Crippen molar-refractivity contribution in [3.05, 3.63) is 40.9 Å². The van der Waals surface area contributed by atoms with Gasteiger partial charge < -0.3 is 9.47 Å². The van der Waals surface area contributed by atoms with E-state index in [1.54, 1.807) is 0 Å². The van der Waals surface area contributed by atoms with Gasteiger partial charge in [-0.15, -0.1) is 0 Å². The van der Waals surface area contributed by atoms with Gasteiger partial charge in [-0.25, -0.2) is 4.98 Å². The number of hydrogen-bond acceptors (Lipinski definition) is 3. The van der Waals surface area contributed by atoms with Crippen molar-refractivity contribution in [3.63, 3.8) is 0 Å². The van der Waals surface area contributed by atoms with Crippen LogP contribution in [0, 0.1) is 5.92 Å². The molecule has 0 N–H and O–H groups in total. The van der Waals surface area contributed by atoms with Crippen molar-refractivity contribution >= 4 is 28.8 Å². The lowest BCUT2D eigenvalue weighted by Gasteiger charge is -2.31. The molecule has 0 saturated heterocycles. The molecule has 22 heavy (non-hydrogen) atoms. The van der Waals surface area contributed by atoms with Gasteiger partial charge in [0, 0.05) is 24.5 Å². The average Bonchev–Trinajstić information content (AvgIpc) is 3.26. The highest BCUT2D eigenvalue weighted by molar-refractivity contribution is 6.31. The molecule has 1 aromatic heterocycles. The Kier molecular flexibility index (Phi) is 3.22. The molecule has 4 rings (SSSR count). The molecule has 5 heteroatoms. The number of benzene rings is 1. The van der Waals surface area contributed by atoms with Gasteiger partial charge in [0.25, 0.3) is 0 Å². The van der Waals surface area contributed by atoms with Crippen LogP contribution in [0.1, 0.15) is 31.6 Å². The molecule has 2 aromatic rings. The van der Waals surface area contributed by atoms with Crippen LogP contribution in [0.3, 0.4) is 0 Å². The molecular formula is C17H19ClN4. The molecule has 0 bridgehead atoms. The quantitative estimate of drug-likeness (QED) is 0.860. The van der Waals surface area contributed by atoms with E-state index < -0.39 is 0 Å². The minimum atomic E-state index is 0.317. The molecule has 1 atom stereocenters. The van der Waals surface area contributed by atoms with Gasteiger partial charge in [0.05, 0.1) is 29.3 Å². The zero-order valence-electron chi connectivity index (χ0n) is 12.8. The van der Waals surface area contributed by atoms with E-state index in [0.717, 1.165) is 34.1 Å². The summed E-state index contributed by atoms with van der Waals surface area (Å²) in [4.78, 5) is 11.6. The number of nitrogens with zero attached hydrogens (tertiary/aromatic N) is 4. The van der Waals surface area contributed by atoms with Gasteiger partial charge in [-0.2, -0.15) is 0 Å². The summed E-state index contributed by atoms with van der Waals surface area (Å²) in [6.07, 6.45) is 6.70. The molecule has 4 nitrogen and oxygen atoms in total. The Bertz CT molecular complexity index is 785. The van der Waals surface area contributed by atoms with E-state index >= 15 is 0 Å². The summed E-state index contributed by atoms with van der Waals surface area (Å²) >= 11 is 6.12. The fourth-order valence-corrected chi connectivity index (χ4v) is 3.46. The molecule has 0 amide bonds. The third-order valence-electron chi connectivity index (χ3n) is 4.51. The normalized spacial score (nSPS) is 19.6. The van der Waals surface area contributed by atoms with Crippen molar-refractivity contribution in [2.75, 3.05) is 6.54 Å². The Balaban J connectivity index is 1.80. The smallest absolute Gasteiger partial charge is 0.132 e. The maximum Gasteiger partial charge on any atom is 0.132 e. The molecule has 1 aliphatic heterocycles. The first-order valence-corrected chi connectivity index (χ1v) is 8.10.